The van der Waals surface area contributed by atoms with E-state index in [1.54, 1.807) is 6.20 Å². The van der Waals surface area contributed by atoms with Crippen molar-refractivity contribution in [3.05, 3.63) is 11.9 Å². The summed E-state index contributed by atoms with van der Waals surface area (Å²) in [6.07, 6.45) is 5.92. The summed E-state index contributed by atoms with van der Waals surface area (Å²) in [5.74, 6) is 5.49. The lowest BCUT2D eigenvalue weighted by Crippen LogP contribution is -2.27. The molecule has 16 heavy (non-hydrogen) atoms. The molecule has 96 valence electrons. The van der Waals surface area contributed by atoms with Gasteiger partial charge in [-0.1, -0.05) is 33.6 Å². The van der Waals surface area contributed by atoms with E-state index in [0.717, 1.165) is 18.5 Å². The topological polar surface area (TPSA) is 41.6 Å². The average Bonchev–Trinajstić information content (AvgIpc) is 2.31. The van der Waals surface area contributed by atoms with E-state index in [1.165, 1.54) is 17.9 Å². The van der Waals surface area contributed by atoms with Crippen LogP contribution in [0.4, 0.5) is 4.39 Å². The second kappa shape index (κ2) is 14.1. The van der Waals surface area contributed by atoms with Crippen LogP contribution in [0.3, 0.4) is 0 Å². The van der Waals surface area contributed by atoms with Crippen LogP contribution in [0.15, 0.2) is 16.9 Å². The van der Waals surface area contributed by atoms with Crippen LogP contribution in [0.5, 0.6) is 0 Å². The summed E-state index contributed by atoms with van der Waals surface area (Å²) in [6, 6.07) is 0. The molecule has 0 rings (SSSR count). The lowest BCUT2D eigenvalue weighted by Gasteiger charge is -2.12. The highest BCUT2D eigenvalue weighted by Crippen LogP contribution is 2.09. The Morgan fingerprint density at radius 3 is 2.50 bits per heavy atom. The first-order chi connectivity index (χ1) is 7.74. The molecule has 0 amide bonds. The van der Waals surface area contributed by atoms with Crippen LogP contribution >= 0.6 is 0 Å². The fraction of sp³-hybridized carbons (Fsp3) is 0.750. The van der Waals surface area contributed by atoms with Crippen molar-refractivity contribution in [3.63, 3.8) is 0 Å². The molecule has 0 aromatic rings. The monoisotopic (exact) mass is 231 g/mol. The fourth-order valence-corrected chi connectivity index (χ4v) is 1.09. The Hall–Kier alpha value is -0.900. The zero-order valence-electron chi connectivity index (χ0n) is 10.9. The largest absolute Gasteiger partial charge is 0.314 e. The quantitative estimate of drug-likeness (QED) is 0.301. The third kappa shape index (κ3) is 11.2. The second-order valence-electron chi connectivity index (χ2n) is 3.16. The first-order valence-corrected chi connectivity index (χ1v) is 5.99. The van der Waals surface area contributed by atoms with Crippen molar-refractivity contribution in [1.82, 2.24) is 5.01 Å². The average molecular weight is 231 g/mol. The summed E-state index contributed by atoms with van der Waals surface area (Å²) in [5, 5.41) is 1.32. The lowest BCUT2D eigenvalue weighted by atomic mass is 10.2. The van der Waals surface area contributed by atoms with Gasteiger partial charge in [0.25, 0.3) is 0 Å². The molecule has 0 aromatic carbocycles. The van der Waals surface area contributed by atoms with Crippen LogP contribution in [-0.2, 0) is 0 Å². The molecule has 0 saturated carbocycles. The summed E-state index contributed by atoms with van der Waals surface area (Å²) >= 11 is 0. The van der Waals surface area contributed by atoms with Crippen LogP contribution in [-0.4, -0.2) is 24.9 Å². The molecule has 2 N–H and O–H groups in total. The van der Waals surface area contributed by atoms with Crippen molar-refractivity contribution < 1.29 is 4.39 Å². The maximum atomic E-state index is 11.9. The summed E-state index contributed by atoms with van der Waals surface area (Å²) in [6.45, 7) is 9.35. The Kier molecular flexibility index (Phi) is 15.4. The van der Waals surface area contributed by atoms with Crippen molar-refractivity contribution in [3.8, 4) is 0 Å². The standard InChI is InChI=1S/C10H20FN3.C2H6/c1-3-4-5-6-10(13-2)9-14(12)8-7-11;1-2/h9H,2-8,12H2,1H3;1-2H3/b10-9-;. The van der Waals surface area contributed by atoms with E-state index < -0.39 is 6.67 Å². The molecule has 0 aliphatic heterocycles. The van der Waals surface area contributed by atoms with Crippen LogP contribution in [0.2, 0.25) is 0 Å². The summed E-state index contributed by atoms with van der Waals surface area (Å²) in [7, 11) is 0. The Labute approximate surface area is 99.2 Å². The molecule has 0 unspecified atom stereocenters. The number of alkyl halides is 1. The van der Waals surface area contributed by atoms with Gasteiger partial charge in [-0.05, 0) is 19.6 Å². The number of hydrogen-bond acceptors (Lipinski definition) is 3. The van der Waals surface area contributed by atoms with Gasteiger partial charge in [-0.15, -0.1) is 0 Å². The van der Waals surface area contributed by atoms with E-state index in [1.807, 2.05) is 13.8 Å². The minimum atomic E-state index is -0.452. The predicted molar refractivity (Wildman–Crippen MR) is 70.0 cm³/mol. The number of nitrogens with zero attached hydrogens (tertiary/aromatic N) is 2. The van der Waals surface area contributed by atoms with Gasteiger partial charge in [0.1, 0.15) is 6.67 Å². The molecule has 0 radical (unpaired) electrons. The van der Waals surface area contributed by atoms with E-state index in [9.17, 15) is 4.39 Å². The molecule has 4 heteroatoms. The van der Waals surface area contributed by atoms with Gasteiger partial charge in [-0.25, -0.2) is 10.2 Å². The minimum absolute atomic E-state index is 0.201. The molecule has 0 aliphatic rings. The van der Waals surface area contributed by atoms with Crippen LogP contribution in [0.1, 0.15) is 46.5 Å². The number of allylic oxidation sites excluding steroid dienone is 1. The summed E-state index contributed by atoms with van der Waals surface area (Å²) in [4.78, 5) is 3.85. The van der Waals surface area contributed by atoms with Crippen LogP contribution in [0.25, 0.3) is 0 Å². The first kappa shape index (κ1) is 17.5. The van der Waals surface area contributed by atoms with Crippen molar-refractivity contribution in [1.29, 1.82) is 0 Å². The third-order valence-electron chi connectivity index (χ3n) is 1.90. The van der Waals surface area contributed by atoms with Gasteiger partial charge < -0.3 is 5.01 Å². The van der Waals surface area contributed by atoms with Crippen molar-refractivity contribution >= 4 is 6.72 Å². The molecule has 0 heterocycles. The Morgan fingerprint density at radius 2 is 2.06 bits per heavy atom. The molecule has 0 aliphatic carbocycles. The number of hydrazine groups is 1. The van der Waals surface area contributed by atoms with E-state index >= 15 is 0 Å². The van der Waals surface area contributed by atoms with Gasteiger partial charge in [0.05, 0.1) is 12.2 Å². The van der Waals surface area contributed by atoms with E-state index in [2.05, 4.69) is 18.6 Å². The molecule has 0 atom stereocenters. The Balaban J connectivity index is 0. The maximum absolute atomic E-state index is 11.9. The number of nitrogens with two attached hydrogens (primary N) is 1. The van der Waals surface area contributed by atoms with Gasteiger partial charge in [-0.3, -0.25) is 4.99 Å². The summed E-state index contributed by atoms with van der Waals surface area (Å²) < 4.78 is 11.9. The van der Waals surface area contributed by atoms with Gasteiger partial charge in [0.15, 0.2) is 0 Å². The molecular weight excluding hydrogens is 205 g/mol. The summed E-state index contributed by atoms with van der Waals surface area (Å²) in [5.41, 5.74) is 0.828. The Bertz CT molecular complexity index is 181. The highest BCUT2D eigenvalue weighted by atomic mass is 19.1. The van der Waals surface area contributed by atoms with E-state index in [-0.39, 0.29) is 6.54 Å². The SMILES string of the molecule is C=N/C(=C\N(N)CCF)CCCCC.CC. The molecule has 0 saturated heterocycles. The molecule has 3 nitrogen and oxygen atoms in total. The highest BCUT2D eigenvalue weighted by molar-refractivity contribution is 5.28. The molecule has 0 fully saturated rings. The number of halogens is 1. The predicted octanol–water partition coefficient (Wildman–Crippen LogP) is 3.28. The third-order valence-corrected chi connectivity index (χ3v) is 1.90. The van der Waals surface area contributed by atoms with Gasteiger partial charge in [0, 0.05) is 6.20 Å². The normalized spacial score (nSPS) is 10.4. The highest BCUT2D eigenvalue weighted by Gasteiger charge is 1.97. The molecule has 0 spiro atoms. The second-order valence-corrected chi connectivity index (χ2v) is 3.16. The molecular formula is C12H26FN3. The number of aliphatic imine (C=N–C) groups is 1. The van der Waals surface area contributed by atoms with Gasteiger partial charge in [0.2, 0.25) is 0 Å². The van der Waals surface area contributed by atoms with Gasteiger partial charge in [-0.2, -0.15) is 0 Å². The fourth-order valence-electron chi connectivity index (χ4n) is 1.09. The maximum Gasteiger partial charge on any atom is 0.108 e. The smallest absolute Gasteiger partial charge is 0.108 e. The van der Waals surface area contributed by atoms with Crippen molar-refractivity contribution in [2.75, 3.05) is 13.2 Å². The number of unbranched alkanes of at least 4 members (excludes halogenated alkanes) is 2. The number of hydrogen-bond donors (Lipinski definition) is 1. The van der Waals surface area contributed by atoms with Crippen LogP contribution < -0.4 is 5.84 Å². The zero-order valence-corrected chi connectivity index (χ0v) is 10.9. The molecule has 0 bridgehead atoms. The van der Waals surface area contributed by atoms with Crippen molar-refractivity contribution in [2.45, 2.75) is 46.5 Å². The van der Waals surface area contributed by atoms with E-state index in [0.29, 0.717) is 0 Å². The minimum Gasteiger partial charge on any atom is -0.314 e. The zero-order chi connectivity index (χ0) is 12.8. The lowest BCUT2D eigenvalue weighted by molar-refractivity contribution is 0.332. The van der Waals surface area contributed by atoms with Crippen molar-refractivity contribution in [2.24, 2.45) is 10.8 Å². The molecule has 0 aromatic heterocycles. The first-order valence-electron chi connectivity index (χ1n) is 5.99. The Morgan fingerprint density at radius 1 is 1.44 bits per heavy atom. The van der Waals surface area contributed by atoms with Crippen LogP contribution in [0, 0.1) is 0 Å². The number of rotatable bonds is 8. The van der Waals surface area contributed by atoms with E-state index in [4.69, 9.17) is 5.84 Å². The van der Waals surface area contributed by atoms with Gasteiger partial charge >= 0.3 is 0 Å².